The minimum absolute atomic E-state index is 0.283. The summed E-state index contributed by atoms with van der Waals surface area (Å²) in [7, 11) is 1.72. The molecular weight excluding hydrogens is 281 g/mol. The molecule has 0 bridgehead atoms. The van der Waals surface area contributed by atoms with Crippen LogP contribution in [0.1, 0.15) is 11.3 Å². The van der Waals surface area contributed by atoms with Crippen LogP contribution in [0.4, 0.5) is 13.2 Å². The molecule has 2 heterocycles. The van der Waals surface area contributed by atoms with Gasteiger partial charge in [0.1, 0.15) is 0 Å². The molecule has 0 atom stereocenters. The Morgan fingerprint density at radius 1 is 1.37 bits per heavy atom. The van der Waals surface area contributed by atoms with Gasteiger partial charge < -0.3 is 5.32 Å². The van der Waals surface area contributed by atoms with Crippen LogP contribution < -0.4 is 5.32 Å². The summed E-state index contributed by atoms with van der Waals surface area (Å²) in [6, 6.07) is 3.08. The van der Waals surface area contributed by atoms with E-state index in [9.17, 15) is 13.2 Å². The molecule has 2 aromatic rings. The van der Waals surface area contributed by atoms with Gasteiger partial charge in [-0.3, -0.25) is 0 Å². The molecule has 0 unspecified atom stereocenters. The lowest BCUT2D eigenvalue weighted by molar-refractivity contribution is -0.137. The molecule has 0 amide bonds. The van der Waals surface area contributed by atoms with Gasteiger partial charge in [0, 0.05) is 12.7 Å². The van der Waals surface area contributed by atoms with Crippen LogP contribution in [0.3, 0.4) is 0 Å². The second-order valence-electron chi connectivity index (χ2n) is 3.80. The Kier molecular flexibility index (Phi) is 3.77. The van der Waals surface area contributed by atoms with E-state index >= 15 is 0 Å². The average Bonchev–Trinajstić information content (AvgIpc) is 2.81. The van der Waals surface area contributed by atoms with Gasteiger partial charge >= 0.3 is 6.18 Å². The zero-order chi connectivity index (χ0) is 14.0. The third-order valence-corrected chi connectivity index (χ3v) is 2.74. The van der Waals surface area contributed by atoms with Crippen LogP contribution in [0.15, 0.2) is 24.5 Å². The first-order valence-electron chi connectivity index (χ1n) is 5.34. The maximum absolute atomic E-state index is 12.5. The van der Waals surface area contributed by atoms with Gasteiger partial charge in [-0.25, -0.2) is 9.67 Å². The average molecular weight is 291 g/mol. The summed E-state index contributed by atoms with van der Waals surface area (Å²) in [5.74, 6) is 0.283. The third-order valence-electron chi connectivity index (χ3n) is 2.39. The molecule has 0 fully saturated rings. The summed E-state index contributed by atoms with van der Waals surface area (Å²) >= 11 is 5.93. The van der Waals surface area contributed by atoms with Crippen molar-refractivity contribution in [3.05, 3.63) is 40.8 Å². The Morgan fingerprint density at radius 2 is 2.11 bits per heavy atom. The van der Waals surface area contributed by atoms with Gasteiger partial charge in [-0.1, -0.05) is 11.6 Å². The zero-order valence-corrected chi connectivity index (χ0v) is 10.6. The summed E-state index contributed by atoms with van der Waals surface area (Å²) < 4.78 is 38.5. The molecule has 19 heavy (non-hydrogen) atoms. The lowest BCUT2D eigenvalue weighted by atomic mass is 10.3. The van der Waals surface area contributed by atoms with Crippen LogP contribution >= 0.6 is 11.6 Å². The molecule has 0 aliphatic rings. The van der Waals surface area contributed by atoms with E-state index < -0.39 is 11.7 Å². The Morgan fingerprint density at radius 3 is 2.68 bits per heavy atom. The van der Waals surface area contributed by atoms with Crippen molar-refractivity contribution in [3.8, 4) is 5.82 Å². The number of hydrogen-bond acceptors (Lipinski definition) is 3. The molecule has 4 nitrogen and oxygen atoms in total. The molecule has 2 rings (SSSR count). The molecule has 1 N–H and O–H groups in total. The van der Waals surface area contributed by atoms with Gasteiger partial charge in [0.15, 0.2) is 5.82 Å². The fourth-order valence-electron chi connectivity index (χ4n) is 1.49. The number of aromatic nitrogens is 3. The number of nitrogens with one attached hydrogen (secondary N) is 1. The summed E-state index contributed by atoms with van der Waals surface area (Å²) in [5.41, 5.74) is -0.273. The molecular formula is C11H10ClF3N4. The molecule has 0 spiro atoms. The van der Waals surface area contributed by atoms with Gasteiger partial charge in [-0.15, -0.1) is 0 Å². The lowest BCUT2D eigenvalue weighted by Gasteiger charge is -2.06. The topological polar surface area (TPSA) is 42.7 Å². The SMILES string of the molecule is CNCc1nc(-n2cc(C(F)(F)F)cn2)ccc1Cl. The van der Waals surface area contributed by atoms with E-state index in [0.717, 1.165) is 17.1 Å². The first-order valence-corrected chi connectivity index (χ1v) is 5.72. The minimum atomic E-state index is -4.42. The van der Waals surface area contributed by atoms with E-state index in [1.54, 1.807) is 13.1 Å². The Bertz CT molecular complexity index is 580. The first-order chi connectivity index (χ1) is 8.91. The highest BCUT2D eigenvalue weighted by molar-refractivity contribution is 6.31. The maximum Gasteiger partial charge on any atom is 0.419 e. The molecule has 102 valence electrons. The van der Waals surface area contributed by atoms with Crippen molar-refractivity contribution in [1.82, 2.24) is 20.1 Å². The van der Waals surface area contributed by atoms with E-state index in [1.165, 1.54) is 6.07 Å². The zero-order valence-electron chi connectivity index (χ0n) is 9.87. The van der Waals surface area contributed by atoms with Crippen LogP contribution in [-0.4, -0.2) is 21.8 Å². The Balaban J connectivity index is 2.36. The van der Waals surface area contributed by atoms with Gasteiger partial charge in [0.2, 0.25) is 0 Å². The number of nitrogens with zero attached hydrogens (tertiary/aromatic N) is 3. The van der Waals surface area contributed by atoms with E-state index in [2.05, 4.69) is 15.4 Å². The van der Waals surface area contributed by atoms with Crippen molar-refractivity contribution in [3.63, 3.8) is 0 Å². The minimum Gasteiger partial charge on any atom is -0.314 e. The summed E-state index contributed by atoms with van der Waals surface area (Å²) in [5, 5.41) is 6.98. The quantitative estimate of drug-likeness (QED) is 0.945. The number of hydrogen-bond donors (Lipinski definition) is 1. The monoisotopic (exact) mass is 290 g/mol. The standard InChI is InChI=1S/C11H10ClF3N4/c1-16-5-9-8(12)2-3-10(18-9)19-6-7(4-17-19)11(13,14)15/h2-4,6,16H,5H2,1H3. The van der Waals surface area contributed by atoms with Crippen molar-refractivity contribution >= 4 is 11.6 Å². The molecule has 0 aliphatic heterocycles. The molecule has 0 saturated carbocycles. The summed E-state index contributed by atoms with van der Waals surface area (Å²) in [6.07, 6.45) is -2.77. The van der Waals surface area contributed by atoms with Crippen LogP contribution in [0.2, 0.25) is 5.02 Å². The number of halogens is 4. The molecule has 0 aliphatic carbocycles. The predicted octanol–water partition coefficient (Wildman–Crippen LogP) is 2.66. The highest BCUT2D eigenvalue weighted by Crippen LogP contribution is 2.29. The van der Waals surface area contributed by atoms with Gasteiger partial charge in [0.25, 0.3) is 0 Å². The van der Waals surface area contributed by atoms with Crippen LogP contribution in [0.25, 0.3) is 5.82 Å². The predicted molar refractivity (Wildman–Crippen MR) is 64.1 cm³/mol. The van der Waals surface area contributed by atoms with Crippen LogP contribution in [-0.2, 0) is 12.7 Å². The van der Waals surface area contributed by atoms with Crippen LogP contribution in [0, 0.1) is 0 Å². The van der Waals surface area contributed by atoms with Crippen molar-refractivity contribution in [1.29, 1.82) is 0 Å². The normalized spacial score (nSPS) is 11.8. The van der Waals surface area contributed by atoms with E-state index in [0.29, 0.717) is 17.3 Å². The van der Waals surface area contributed by atoms with E-state index in [1.807, 2.05) is 0 Å². The molecule has 0 radical (unpaired) electrons. The number of pyridine rings is 1. The number of rotatable bonds is 3. The van der Waals surface area contributed by atoms with Gasteiger partial charge in [0.05, 0.1) is 22.5 Å². The molecule has 0 aromatic carbocycles. The highest BCUT2D eigenvalue weighted by atomic mass is 35.5. The largest absolute Gasteiger partial charge is 0.419 e. The van der Waals surface area contributed by atoms with Crippen molar-refractivity contribution < 1.29 is 13.2 Å². The second kappa shape index (κ2) is 5.18. The first kappa shape index (κ1) is 13.8. The smallest absolute Gasteiger partial charge is 0.314 e. The summed E-state index contributed by atoms with van der Waals surface area (Å²) in [6.45, 7) is 0.417. The fourth-order valence-corrected chi connectivity index (χ4v) is 1.66. The fraction of sp³-hybridized carbons (Fsp3) is 0.273. The lowest BCUT2D eigenvalue weighted by Crippen LogP contribution is -2.09. The van der Waals surface area contributed by atoms with Crippen molar-refractivity contribution in [2.24, 2.45) is 0 Å². The van der Waals surface area contributed by atoms with Gasteiger partial charge in [-0.2, -0.15) is 18.3 Å². The van der Waals surface area contributed by atoms with E-state index in [-0.39, 0.29) is 5.82 Å². The van der Waals surface area contributed by atoms with Crippen molar-refractivity contribution in [2.75, 3.05) is 7.05 Å². The highest BCUT2D eigenvalue weighted by Gasteiger charge is 2.32. The van der Waals surface area contributed by atoms with Gasteiger partial charge in [-0.05, 0) is 19.2 Å². The second-order valence-corrected chi connectivity index (χ2v) is 4.21. The Labute approximate surface area is 112 Å². The van der Waals surface area contributed by atoms with Crippen molar-refractivity contribution in [2.45, 2.75) is 12.7 Å². The molecule has 0 saturated heterocycles. The summed E-state index contributed by atoms with van der Waals surface area (Å²) in [4.78, 5) is 4.17. The van der Waals surface area contributed by atoms with Crippen LogP contribution in [0.5, 0.6) is 0 Å². The number of alkyl halides is 3. The van der Waals surface area contributed by atoms with E-state index in [4.69, 9.17) is 11.6 Å². The Hall–Kier alpha value is -1.60. The maximum atomic E-state index is 12.5. The molecule has 2 aromatic heterocycles. The third kappa shape index (κ3) is 3.05. The molecule has 8 heteroatoms.